The maximum atomic E-state index is 10.1. The highest BCUT2D eigenvalue weighted by atomic mass is 127. The number of anilines is 1. The molecule has 1 heterocycles. The molecule has 3 aromatic rings. The molecular formula is C18H16IN3O. The van der Waals surface area contributed by atoms with Gasteiger partial charge in [-0.2, -0.15) is 0 Å². The Labute approximate surface area is 148 Å². The number of phenols is 1. The van der Waals surface area contributed by atoms with Crippen molar-refractivity contribution in [2.45, 2.75) is 0 Å². The first-order valence-corrected chi connectivity index (χ1v) is 8.17. The van der Waals surface area contributed by atoms with Crippen molar-refractivity contribution >= 4 is 51.3 Å². The number of aromatic nitrogens is 1. The van der Waals surface area contributed by atoms with E-state index < -0.39 is 0 Å². The fourth-order valence-corrected chi connectivity index (χ4v) is 2.79. The molecule has 0 bridgehead atoms. The van der Waals surface area contributed by atoms with Crippen LogP contribution in [0, 0.1) is 3.57 Å². The molecule has 0 radical (unpaired) electrons. The van der Waals surface area contributed by atoms with Gasteiger partial charge in [-0.1, -0.05) is 6.07 Å². The largest absolute Gasteiger partial charge is 0.507 e. The summed E-state index contributed by atoms with van der Waals surface area (Å²) in [6.07, 6.45) is 3.73. The molecule has 0 unspecified atom stereocenters. The molecule has 0 atom stereocenters. The van der Waals surface area contributed by atoms with Crippen molar-refractivity contribution in [1.82, 2.24) is 4.98 Å². The highest BCUT2D eigenvalue weighted by Crippen LogP contribution is 2.25. The number of hydrazine groups is 1. The monoisotopic (exact) mass is 417 g/mol. The van der Waals surface area contributed by atoms with Gasteiger partial charge in [0.1, 0.15) is 5.75 Å². The van der Waals surface area contributed by atoms with E-state index in [9.17, 15) is 5.11 Å². The fraction of sp³-hybridized carbons (Fsp3) is 0.0556. The summed E-state index contributed by atoms with van der Waals surface area (Å²) in [6, 6.07) is 15.5. The Hall–Kier alpha value is -2.12. The number of nitrogens with zero attached hydrogens (tertiary/aromatic N) is 2. The molecule has 116 valence electrons. The van der Waals surface area contributed by atoms with Crippen molar-refractivity contribution in [3.63, 3.8) is 0 Å². The molecule has 0 saturated heterocycles. The van der Waals surface area contributed by atoms with Gasteiger partial charge in [-0.3, -0.25) is 0 Å². The van der Waals surface area contributed by atoms with Gasteiger partial charge < -0.3 is 10.1 Å². The maximum Gasteiger partial charge on any atom is 0.124 e. The third kappa shape index (κ3) is 3.62. The Balaban J connectivity index is 1.89. The average molecular weight is 417 g/mol. The Morgan fingerprint density at radius 3 is 2.65 bits per heavy atom. The number of rotatable bonds is 3. The van der Waals surface area contributed by atoms with Crippen LogP contribution in [0.25, 0.3) is 23.1 Å². The van der Waals surface area contributed by atoms with Gasteiger partial charge in [0.05, 0.1) is 16.9 Å². The van der Waals surface area contributed by atoms with E-state index in [1.807, 2.05) is 42.5 Å². The molecule has 2 aromatic carbocycles. The fourth-order valence-electron chi connectivity index (χ4n) is 2.27. The molecule has 3 rings (SSSR count). The van der Waals surface area contributed by atoms with Gasteiger partial charge >= 0.3 is 0 Å². The van der Waals surface area contributed by atoms with Crippen molar-refractivity contribution in [2.75, 3.05) is 12.1 Å². The van der Waals surface area contributed by atoms with Crippen LogP contribution in [0.1, 0.15) is 11.3 Å². The Kier molecular flexibility index (Phi) is 4.49. The summed E-state index contributed by atoms with van der Waals surface area (Å²) in [4.78, 5) is 4.61. The highest BCUT2D eigenvalue weighted by Gasteiger charge is 2.02. The number of hydrogen-bond donors (Lipinski definition) is 2. The van der Waals surface area contributed by atoms with E-state index in [-0.39, 0.29) is 5.75 Å². The molecule has 5 heteroatoms. The first-order valence-electron chi connectivity index (χ1n) is 7.09. The van der Waals surface area contributed by atoms with Gasteiger partial charge in [-0.05, 0) is 71.1 Å². The summed E-state index contributed by atoms with van der Waals surface area (Å²) in [7, 11) is 1.73. The molecular weight excluding hydrogens is 401 g/mol. The maximum absolute atomic E-state index is 10.1. The van der Waals surface area contributed by atoms with Gasteiger partial charge in [0, 0.05) is 27.6 Å². The van der Waals surface area contributed by atoms with Gasteiger partial charge in [0.2, 0.25) is 0 Å². The lowest BCUT2D eigenvalue weighted by atomic mass is 10.1. The van der Waals surface area contributed by atoms with E-state index in [2.05, 4.69) is 39.7 Å². The van der Waals surface area contributed by atoms with Crippen LogP contribution in [0.5, 0.6) is 5.75 Å². The zero-order chi connectivity index (χ0) is 16.4. The van der Waals surface area contributed by atoms with E-state index in [0.29, 0.717) is 0 Å². The average Bonchev–Trinajstić information content (AvgIpc) is 2.53. The molecule has 23 heavy (non-hydrogen) atoms. The second-order valence-electron chi connectivity index (χ2n) is 5.26. The van der Waals surface area contributed by atoms with Gasteiger partial charge in [-0.15, -0.1) is 0 Å². The number of aromatic hydroxyl groups is 1. The van der Waals surface area contributed by atoms with E-state index in [4.69, 9.17) is 5.84 Å². The van der Waals surface area contributed by atoms with Crippen molar-refractivity contribution in [3.8, 4) is 5.75 Å². The van der Waals surface area contributed by atoms with Crippen LogP contribution in [0.3, 0.4) is 0 Å². The van der Waals surface area contributed by atoms with E-state index in [1.165, 1.54) is 8.58 Å². The summed E-state index contributed by atoms with van der Waals surface area (Å²) < 4.78 is 1.19. The van der Waals surface area contributed by atoms with Gasteiger partial charge in [-0.25, -0.2) is 10.8 Å². The third-order valence-electron chi connectivity index (χ3n) is 3.53. The van der Waals surface area contributed by atoms with Crippen LogP contribution in [-0.2, 0) is 0 Å². The van der Waals surface area contributed by atoms with Gasteiger partial charge in [0.15, 0.2) is 0 Å². The molecule has 0 fully saturated rings. The number of hydrogen-bond acceptors (Lipinski definition) is 4. The Morgan fingerprint density at radius 1 is 1.09 bits per heavy atom. The molecule has 4 nitrogen and oxygen atoms in total. The molecule has 3 N–H and O–H groups in total. The van der Waals surface area contributed by atoms with Crippen LogP contribution < -0.4 is 10.9 Å². The van der Waals surface area contributed by atoms with Crippen LogP contribution >= 0.6 is 22.6 Å². The molecule has 0 aliphatic rings. The first-order chi connectivity index (χ1) is 11.0. The Bertz CT molecular complexity index is 891. The lowest BCUT2D eigenvalue weighted by Gasteiger charge is -2.12. The lowest BCUT2D eigenvalue weighted by Crippen LogP contribution is -2.24. The standard InChI is InChI=1S/C18H16IN3O/c1-22(20)16-8-4-12(18(23)11-16)2-6-15-7-3-13-10-14(19)5-9-17(13)21-15/h2-11,23H,20H2,1H3. The topological polar surface area (TPSA) is 62.4 Å². The first kappa shape index (κ1) is 15.8. The minimum absolute atomic E-state index is 0.186. The summed E-state index contributed by atoms with van der Waals surface area (Å²) in [6.45, 7) is 0. The molecule has 0 saturated carbocycles. The normalized spacial score (nSPS) is 11.3. The number of pyridine rings is 1. The van der Waals surface area contributed by atoms with Crippen LogP contribution in [0.2, 0.25) is 0 Å². The van der Waals surface area contributed by atoms with Crippen LogP contribution in [-0.4, -0.2) is 17.1 Å². The van der Waals surface area contributed by atoms with Gasteiger partial charge in [0.25, 0.3) is 0 Å². The molecule has 0 aliphatic heterocycles. The van der Waals surface area contributed by atoms with E-state index >= 15 is 0 Å². The summed E-state index contributed by atoms with van der Waals surface area (Å²) in [5.41, 5.74) is 3.27. The zero-order valence-corrected chi connectivity index (χ0v) is 14.7. The lowest BCUT2D eigenvalue weighted by molar-refractivity contribution is 0.474. The number of fused-ring (bicyclic) bond motifs is 1. The SMILES string of the molecule is CN(N)c1ccc(C=Cc2ccc3cc(I)ccc3n2)c(O)c1. The number of benzene rings is 2. The predicted octanol–water partition coefficient (Wildman–Crippen LogP) is 4.03. The summed E-state index contributed by atoms with van der Waals surface area (Å²) in [5.74, 6) is 5.84. The number of halogens is 1. The van der Waals surface area contributed by atoms with Crippen molar-refractivity contribution in [3.05, 3.63) is 63.4 Å². The van der Waals surface area contributed by atoms with Crippen molar-refractivity contribution in [1.29, 1.82) is 0 Å². The Morgan fingerprint density at radius 2 is 1.91 bits per heavy atom. The van der Waals surface area contributed by atoms with Crippen LogP contribution in [0.4, 0.5) is 5.69 Å². The second kappa shape index (κ2) is 6.55. The smallest absolute Gasteiger partial charge is 0.124 e. The molecule has 0 aliphatic carbocycles. The summed E-state index contributed by atoms with van der Waals surface area (Å²) >= 11 is 2.29. The van der Waals surface area contributed by atoms with Crippen LogP contribution in [0.15, 0.2) is 48.5 Å². The molecule has 0 spiro atoms. The van der Waals surface area contributed by atoms with E-state index in [1.54, 1.807) is 13.1 Å². The molecule has 1 aromatic heterocycles. The third-order valence-corrected chi connectivity index (χ3v) is 4.20. The predicted molar refractivity (Wildman–Crippen MR) is 104 cm³/mol. The van der Waals surface area contributed by atoms with Crippen molar-refractivity contribution in [2.24, 2.45) is 5.84 Å². The number of phenolic OH excluding ortho intramolecular Hbond substituents is 1. The minimum Gasteiger partial charge on any atom is -0.507 e. The second-order valence-corrected chi connectivity index (χ2v) is 6.51. The van der Waals surface area contributed by atoms with E-state index in [0.717, 1.165) is 27.8 Å². The van der Waals surface area contributed by atoms with Crippen molar-refractivity contribution < 1.29 is 5.11 Å². The number of nitrogens with two attached hydrogens (primary N) is 1. The summed E-state index contributed by atoms with van der Waals surface area (Å²) in [5, 5.41) is 12.6. The quantitative estimate of drug-likeness (QED) is 0.384. The zero-order valence-electron chi connectivity index (χ0n) is 12.6. The molecule has 0 amide bonds. The minimum atomic E-state index is 0.186. The highest BCUT2D eigenvalue weighted by molar-refractivity contribution is 14.1.